The maximum Gasteiger partial charge on any atom is 0.264 e. The van der Waals surface area contributed by atoms with E-state index in [1.54, 1.807) is 29.2 Å². The van der Waals surface area contributed by atoms with Gasteiger partial charge >= 0.3 is 0 Å². The zero-order valence-corrected chi connectivity index (χ0v) is 20.1. The SMILES string of the molecule is O=C(CN(c1ccc(Cl)c(Cl)c1)S(=O)(=O)c1ccccc1)N1CCN(c2ccccc2)CC1. The van der Waals surface area contributed by atoms with Crippen LogP contribution >= 0.6 is 23.2 Å². The molecule has 172 valence electrons. The van der Waals surface area contributed by atoms with Gasteiger partial charge in [0.25, 0.3) is 10.0 Å². The Bertz CT molecular complexity index is 1220. The van der Waals surface area contributed by atoms with Crippen molar-refractivity contribution in [1.82, 2.24) is 4.90 Å². The number of para-hydroxylation sites is 1. The zero-order chi connectivity index (χ0) is 23.4. The molecule has 9 heteroatoms. The zero-order valence-electron chi connectivity index (χ0n) is 17.8. The summed E-state index contributed by atoms with van der Waals surface area (Å²) in [5.41, 5.74) is 1.39. The van der Waals surface area contributed by atoms with E-state index in [1.165, 1.54) is 24.3 Å². The third kappa shape index (κ3) is 5.27. The molecule has 0 N–H and O–H groups in total. The van der Waals surface area contributed by atoms with E-state index in [9.17, 15) is 13.2 Å². The number of anilines is 2. The molecule has 0 saturated carbocycles. The van der Waals surface area contributed by atoms with Crippen molar-refractivity contribution in [3.05, 3.63) is 88.9 Å². The van der Waals surface area contributed by atoms with Gasteiger partial charge in [-0.1, -0.05) is 59.6 Å². The lowest BCUT2D eigenvalue weighted by Crippen LogP contribution is -2.52. The lowest BCUT2D eigenvalue weighted by atomic mass is 10.2. The molecule has 1 fully saturated rings. The van der Waals surface area contributed by atoms with Crippen LogP contribution in [0.4, 0.5) is 11.4 Å². The molecule has 1 amide bonds. The van der Waals surface area contributed by atoms with E-state index in [2.05, 4.69) is 4.90 Å². The van der Waals surface area contributed by atoms with Gasteiger partial charge in [0.2, 0.25) is 5.91 Å². The fraction of sp³-hybridized carbons (Fsp3) is 0.208. The standard InChI is InChI=1S/C24H23Cl2N3O3S/c25-22-12-11-20(17-23(22)26)29(33(31,32)21-9-5-2-6-10-21)18-24(30)28-15-13-27(14-16-28)19-7-3-1-4-8-19/h1-12,17H,13-16,18H2. The largest absolute Gasteiger partial charge is 0.368 e. The molecular formula is C24H23Cl2N3O3S. The molecule has 1 heterocycles. The van der Waals surface area contributed by atoms with E-state index < -0.39 is 10.0 Å². The van der Waals surface area contributed by atoms with Crippen LogP contribution in [0.25, 0.3) is 0 Å². The van der Waals surface area contributed by atoms with Gasteiger partial charge < -0.3 is 9.80 Å². The lowest BCUT2D eigenvalue weighted by molar-refractivity contribution is -0.129. The van der Waals surface area contributed by atoms with Gasteiger partial charge in [-0.25, -0.2) is 8.42 Å². The van der Waals surface area contributed by atoms with Crippen LogP contribution in [-0.4, -0.2) is 51.9 Å². The second kappa shape index (κ2) is 10.0. The molecule has 1 saturated heterocycles. The minimum absolute atomic E-state index is 0.0952. The Labute approximate surface area is 204 Å². The van der Waals surface area contributed by atoms with E-state index in [-0.39, 0.29) is 28.1 Å². The second-order valence-electron chi connectivity index (χ2n) is 7.63. The lowest BCUT2D eigenvalue weighted by Gasteiger charge is -2.37. The molecule has 3 aromatic carbocycles. The summed E-state index contributed by atoms with van der Waals surface area (Å²) in [6, 6.07) is 22.6. The Kier molecular flexibility index (Phi) is 7.12. The quantitative estimate of drug-likeness (QED) is 0.495. The van der Waals surface area contributed by atoms with Gasteiger partial charge in [-0.3, -0.25) is 9.10 Å². The van der Waals surface area contributed by atoms with Gasteiger partial charge in [0.15, 0.2) is 0 Å². The summed E-state index contributed by atoms with van der Waals surface area (Å²) < 4.78 is 28.0. The highest BCUT2D eigenvalue weighted by Crippen LogP contribution is 2.30. The highest BCUT2D eigenvalue weighted by atomic mass is 35.5. The summed E-state index contributed by atoms with van der Waals surface area (Å²) in [5, 5.41) is 0.521. The normalized spacial score (nSPS) is 14.2. The van der Waals surface area contributed by atoms with Gasteiger partial charge in [-0.15, -0.1) is 0 Å². The van der Waals surface area contributed by atoms with Gasteiger partial charge in [0.05, 0.1) is 20.6 Å². The van der Waals surface area contributed by atoms with Crippen molar-refractivity contribution in [3.63, 3.8) is 0 Å². The molecule has 0 unspecified atom stereocenters. The van der Waals surface area contributed by atoms with Crippen molar-refractivity contribution in [2.75, 3.05) is 41.9 Å². The van der Waals surface area contributed by atoms with E-state index >= 15 is 0 Å². The molecule has 0 aromatic heterocycles. The third-order valence-corrected chi connectivity index (χ3v) is 8.08. The van der Waals surface area contributed by atoms with Gasteiger partial charge in [-0.05, 0) is 42.5 Å². The Morgan fingerprint density at radius 1 is 0.818 bits per heavy atom. The molecule has 3 aromatic rings. The van der Waals surface area contributed by atoms with Crippen LogP contribution in [0.5, 0.6) is 0 Å². The molecule has 0 spiro atoms. The number of sulfonamides is 1. The number of hydrogen-bond acceptors (Lipinski definition) is 4. The number of nitrogens with zero attached hydrogens (tertiary/aromatic N) is 3. The highest BCUT2D eigenvalue weighted by molar-refractivity contribution is 7.92. The first-order valence-corrected chi connectivity index (χ1v) is 12.7. The molecule has 0 radical (unpaired) electrons. The van der Waals surface area contributed by atoms with Gasteiger partial charge in [0, 0.05) is 31.9 Å². The average Bonchev–Trinajstić information content (AvgIpc) is 2.85. The molecule has 1 aliphatic rings. The first kappa shape index (κ1) is 23.4. The van der Waals surface area contributed by atoms with Gasteiger partial charge in [0.1, 0.15) is 6.54 Å². The number of rotatable bonds is 6. The van der Waals surface area contributed by atoms with Crippen molar-refractivity contribution in [1.29, 1.82) is 0 Å². The maximum absolute atomic E-state index is 13.5. The van der Waals surface area contributed by atoms with Crippen LogP contribution in [0, 0.1) is 0 Å². The molecular weight excluding hydrogens is 481 g/mol. The van der Waals surface area contributed by atoms with Crippen molar-refractivity contribution in [2.24, 2.45) is 0 Å². The van der Waals surface area contributed by atoms with Crippen LogP contribution < -0.4 is 9.21 Å². The van der Waals surface area contributed by atoms with Crippen LogP contribution in [0.3, 0.4) is 0 Å². The fourth-order valence-corrected chi connectivity index (χ4v) is 5.47. The van der Waals surface area contributed by atoms with E-state index in [0.29, 0.717) is 31.2 Å². The summed E-state index contributed by atoms with van der Waals surface area (Å²) in [4.78, 5) is 17.2. The van der Waals surface area contributed by atoms with Crippen molar-refractivity contribution in [3.8, 4) is 0 Å². The van der Waals surface area contributed by atoms with Crippen LogP contribution in [-0.2, 0) is 14.8 Å². The molecule has 1 aliphatic heterocycles. The number of hydrogen-bond donors (Lipinski definition) is 0. The van der Waals surface area contributed by atoms with E-state index in [0.717, 1.165) is 9.99 Å². The molecule has 0 aliphatic carbocycles. The first-order valence-electron chi connectivity index (χ1n) is 10.5. The van der Waals surface area contributed by atoms with Gasteiger partial charge in [-0.2, -0.15) is 0 Å². The summed E-state index contributed by atoms with van der Waals surface area (Å²) in [7, 11) is -4.00. The number of piperazine rings is 1. The van der Waals surface area contributed by atoms with Crippen molar-refractivity contribution in [2.45, 2.75) is 4.90 Å². The summed E-state index contributed by atoms with van der Waals surface area (Å²) in [6.45, 7) is 2.03. The number of benzene rings is 3. The maximum atomic E-state index is 13.5. The molecule has 4 rings (SSSR count). The van der Waals surface area contributed by atoms with Crippen LogP contribution in [0.2, 0.25) is 10.0 Å². The van der Waals surface area contributed by atoms with Crippen molar-refractivity contribution >= 4 is 50.5 Å². The Balaban J connectivity index is 1.55. The molecule has 33 heavy (non-hydrogen) atoms. The topological polar surface area (TPSA) is 60.9 Å². The molecule has 6 nitrogen and oxygen atoms in total. The Morgan fingerprint density at radius 3 is 2.03 bits per heavy atom. The summed E-state index contributed by atoms with van der Waals surface area (Å²) >= 11 is 12.2. The minimum atomic E-state index is -4.00. The smallest absolute Gasteiger partial charge is 0.264 e. The number of carbonyl (C=O) groups excluding carboxylic acids is 1. The number of carbonyl (C=O) groups is 1. The van der Waals surface area contributed by atoms with Crippen molar-refractivity contribution < 1.29 is 13.2 Å². The number of amides is 1. The summed E-state index contributed by atoms with van der Waals surface area (Å²) in [6.07, 6.45) is 0. The van der Waals surface area contributed by atoms with Crippen LogP contribution in [0.1, 0.15) is 0 Å². The highest BCUT2D eigenvalue weighted by Gasteiger charge is 2.30. The predicted octanol–water partition coefficient (Wildman–Crippen LogP) is 4.54. The Morgan fingerprint density at radius 2 is 1.42 bits per heavy atom. The average molecular weight is 504 g/mol. The third-order valence-electron chi connectivity index (χ3n) is 5.55. The minimum Gasteiger partial charge on any atom is -0.368 e. The summed E-state index contributed by atoms with van der Waals surface area (Å²) in [5.74, 6) is -0.270. The predicted molar refractivity (Wildman–Crippen MR) is 133 cm³/mol. The van der Waals surface area contributed by atoms with E-state index in [4.69, 9.17) is 23.2 Å². The fourth-order valence-electron chi connectivity index (χ4n) is 3.75. The first-order chi connectivity index (χ1) is 15.9. The Hall–Kier alpha value is -2.74. The molecule has 0 atom stereocenters. The second-order valence-corrected chi connectivity index (χ2v) is 10.3. The monoisotopic (exact) mass is 503 g/mol. The van der Waals surface area contributed by atoms with E-state index in [1.807, 2.05) is 30.3 Å². The number of halogens is 2. The molecule has 0 bridgehead atoms. The van der Waals surface area contributed by atoms with Crippen LogP contribution in [0.15, 0.2) is 83.8 Å².